The van der Waals surface area contributed by atoms with Crippen LogP contribution in [0, 0.1) is 5.82 Å². The average Bonchev–Trinajstić information content (AvgIpc) is 2.46. The molecule has 1 aromatic carbocycles. The summed E-state index contributed by atoms with van der Waals surface area (Å²) in [6, 6.07) is 3.10. The van der Waals surface area contributed by atoms with Crippen LogP contribution in [-0.4, -0.2) is 59.0 Å². The summed E-state index contributed by atoms with van der Waals surface area (Å²) in [4.78, 5) is 26.7. The van der Waals surface area contributed by atoms with Crippen molar-refractivity contribution in [1.82, 2.24) is 9.80 Å². The molecule has 7 heteroatoms. The van der Waals surface area contributed by atoms with Crippen LogP contribution in [0.5, 0.6) is 0 Å². The third kappa shape index (κ3) is 3.51. The lowest BCUT2D eigenvalue weighted by Gasteiger charge is -2.36. The van der Waals surface area contributed by atoms with Crippen LogP contribution in [0.15, 0.2) is 18.2 Å². The predicted octanol–water partition coefficient (Wildman–Crippen LogP) is 1.71. The molecule has 114 valence electrons. The summed E-state index contributed by atoms with van der Waals surface area (Å²) < 4.78 is 13.0. The maximum atomic E-state index is 13.0. The minimum Gasteiger partial charge on any atom is -0.480 e. The van der Waals surface area contributed by atoms with Crippen LogP contribution in [0.2, 0.25) is 5.02 Å². The molecule has 0 saturated carbocycles. The van der Waals surface area contributed by atoms with Crippen molar-refractivity contribution in [3.63, 3.8) is 0 Å². The van der Waals surface area contributed by atoms with Crippen molar-refractivity contribution in [1.29, 1.82) is 0 Å². The first-order valence-corrected chi connectivity index (χ1v) is 6.99. The Morgan fingerprint density at radius 2 is 1.90 bits per heavy atom. The number of aliphatic carboxylic acids is 1. The maximum Gasteiger partial charge on any atom is 0.320 e. The van der Waals surface area contributed by atoms with Gasteiger partial charge < -0.3 is 10.0 Å². The quantitative estimate of drug-likeness (QED) is 0.922. The van der Waals surface area contributed by atoms with E-state index in [-0.39, 0.29) is 16.5 Å². The van der Waals surface area contributed by atoms with Gasteiger partial charge in [-0.1, -0.05) is 11.6 Å². The first-order valence-electron chi connectivity index (χ1n) is 6.61. The highest BCUT2D eigenvalue weighted by Gasteiger charge is 2.28. The van der Waals surface area contributed by atoms with E-state index in [1.807, 2.05) is 0 Å². The fourth-order valence-electron chi connectivity index (χ4n) is 2.30. The number of amides is 1. The van der Waals surface area contributed by atoms with Gasteiger partial charge in [-0.2, -0.15) is 0 Å². The van der Waals surface area contributed by atoms with Crippen molar-refractivity contribution in [2.75, 3.05) is 26.2 Å². The van der Waals surface area contributed by atoms with Crippen LogP contribution in [0.25, 0.3) is 0 Å². The summed E-state index contributed by atoms with van der Waals surface area (Å²) in [5, 5.41) is 9.06. The zero-order chi connectivity index (χ0) is 15.6. The van der Waals surface area contributed by atoms with Crippen molar-refractivity contribution in [3.05, 3.63) is 34.6 Å². The van der Waals surface area contributed by atoms with E-state index in [2.05, 4.69) is 0 Å². The summed E-state index contributed by atoms with van der Waals surface area (Å²) in [5.41, 5.74) is 0.262. The highest BCUT2D eigenvalue weighted by atomic mass is 35.5. The largest absolute Gasteiger partial charge is 0.480 e. The van der Waals surface area contributed by atoms with Gasteiger partial charge in [0.1, 0.15) is 11.9 Å². The Hall–Kier alpha value is -1.66. The Labute approximate surface area is 126 Å². The molecule has 1 saturated heterocycles. The maximum absolute atomic E-state index is 13.0. The zero-order valence-corrected chi connectivity index (χ0v) is 12.3. The van der Waals surface area contributed by atoms with Gasteiger partial charge in [-0.3, -0.25) is 14.5 Å². The highest BCUT2D eigenvalue weighted by molar-refractivity contribution is 6.33. The van der Waals surface area contributed by atoms with Crippen LogP contribution in [-0.2, 0) is 4.79 Å². The molecule has 0 radical (unpaired) electrons. The molecule has 2 rings (SSSR count). The van der Waals surface area contributed by atoms with Crippen LogP contribution < -0.4 is 0 Å². The number of carbonyl (C=O) groups excluding carboxylic acids is 1. The Kier molecular flexibility index (Phi) is 4.80. The molecule has 1 aliphatic heterocycles. The fourth-order valence-corrected chi connectivity index (χ4v) is 2.55. The van der Waals surface area contributed by atoms with E-state index in [9.17, 15) is 14.0 Å². The molecule has 0 unspecified atom stereocenters. The predicted molar refractivity (Wildman–Crippen MR) is 76.0 cm³/mol. The van der Waals surface area contributed by atoms with Crippen molar-refractivity contribution < 1.29 is 19.1 Å². The van der Waals surface area contributed by atoms with Gasteiger partial charge in [0.25, 0.3) is 5.91 Å². The fraction of sp³-hybridized carbons (Fsp3) is 0.429. The van der Waals surface area contributed by atoms with E-state index >= 15 is 0 Å². The second kappa shape index (κ2) is 6.41. The number of halogens is 2. The lowest BCUT2D eigenvalue weighted by Crippen LogP contribution is -2.53. The second-order valence-corrected chi connectivity index (χ2v) is 5.37. The number of carbonyl (C=O) groups is 2. The highest BCUT2D eigenvalue weighted by Crippen LogP contribution is 2.20. The molecule has 1 fully saturated rings. The van der Waals surface area contributed by atoms with Crippen molar-refractivity contribution in [3.8, 4) is 0 Å². The number of benzene rings is 1. The number of rotatable bonds is 3. The minimum absolute atomic E-state index is 0.0846. The molecule has 0 aliphatic carbocycles. The minimum atomic E-state index is -0.878. The second-order valence-electron chi connectivity index (χ2n) is 4.97. The van der Waals surface area contributed by atoms with Crippen LogP contribution >= 0.6 is 11.6 Å². The van der Waals surface area contributed by atoms with Gasteiger partial charge in [0.2, 0.25) is 0 Å². The summed E-state index contributed by atoms with van der Waals surface area (Å²) >= 11 is 5.89. The van der Waals surface area contributed by atoms with E-state index in [0.717, 1.165) is 6.07 Å². The number of hydrogen-bond acceptors (Lipinski definition) is 3. The number of piperazine rings is 1. The van der Waals surface area contributed by atoms with Gasteiger partial charge in [-0.15, -0.1) is 0 Å². The average molecular weight is 315 g/mol. The molecule has 1 N–H and O–H groups in total. The third-order valence-corrected chi connectivity index (χ3v) is 3.98. The van der Waals surface area contributed by atoms with E-state index in [1.165, 1.54) is 12.1 Å². The normalized spacial score (nSPS) is 17.6. The molecule has 1 aromatic rings. The number of carboxylic acids is 1. The van der Waals surface area contributed by atoms with Crippen LogP contribution in [0.4, 0.5) is 4.39 Å². The Morgan fingerprint density at radius 3 is 2.43 bits per heavy atom. The van der Waals surface area contributed by atoms with E-state index < -0.39 is 17.8 Å². The Morgan fingerprint density at radius 1 is 1.29 bits per heavy atom. The number of nitrogens with zero attached hydrogens (tertiary/aromatic N) is 2. The zero-order valence-electron chi connectivity index (χ0n) is 11.6. The van der Waals surface area contributed by atoms with Gasteiger partial charge in [-0.05, 0) is 25.1 Å². The third-order valence-electron chi connectivity index (χ3n) is 3.67. The molecular formula is C14H16ClFN2O3. The molecule has 1 heterocycles. The molecule has 0 spiro atoms. The Balaban J connectivity index is 2.02. The standard InChI is InChI=1S/C14H16ClFN2O3/c1-9(14(20)21)17-4-6-18(7-5-17)13(19)11-3-2-10(16)8-12(11)15/h2-3,8-9H,4-7H2,1H3,(H,20,21)/t9-/m1/s1. The van der Waals surface area contributed by atoms with E-state index in [1.54, 1.807) is 16.7 Å². The lowest BCUT2D eigenvalue weighted by atomic mass is 10.1. The van der Waals surface area contributed by atoms with E-state index in [0.29, 0.717) is 26.2 Å². The molecular weight excluding hydrogens is 299 g/mol. The first-order chi connectivity index (χ1) is 9.90. The van der Waals surface area contributed by atoms with Crippen LogP contribution in [0.1, 0.15) is 17.3 Å². The molecule has 5 nitrogen and oxygen atoms in total. The summed E-state index contributed by atoms with van der Waals surface area (Å²) in [5.74, 6) is -1.63. The molecule has 0 aromatic heterocycles. The molecule has 1 aliphatic rings. The molecule has 1 amide bonds. The molecule has 0 bridgehead atoms. The van der Waals surface area contributed by atoms with Gasteiger partial charge in [0, 0.05) is 26.2 Å². The SMILES string of the molecule is C[C@H](C(=O)O)N1CCN(C(=O)c2ccc(F)cc2Cl)CC1. The number of carboxylic acid groups (broad SMARTS) is 1. The smallest absolute Gasteiger partial charge is 0.320 e. The van der Waals surface area contributed by atoms with Crippen LogP contribution in [0.3, 0.4) is 0 Å². The van der Waals surface area contributed by atoms with Gasteiger partial charge >= 0.3 is 5.97 Å². The van der Waals surface area contributed by atoms with Gasteiger partial charge in [0.15, 0.2) is 0 Å². The summed E-state index contributed by atoms with van der Waals surface area (Å²) in [6.45, 7) is 3.43. The Bertz CT molecular complexity index is 559. The van der Waals surface area contributed by atoms with Gasteiger partial charge in [-0.25, -0.2) is 4.39 Å². The van der Waals surface area contributed by atoms with Crippen molar-refractivity contribution >= 4 is 23.5 Å². The topological polar surface area (TPSA) is 60.9 Å². The summed E-state index contributed by atoms with van der Waals surface area (Å²) in [7, 11) is 0. The van der Waals surface area contributed by atoms with Crippen molar-refractivity contribution in [2.24, 2.45) is 0 Å². The van der Waals surface area contributed by atoms with Gasteiger partial charge in [0.05, 0.1) is 10.6 Å². The first kappa shape index (κ1) is 15.7. The number of hydrogen-bond donors (Lipinski definition) is 1. The lowest BCUT2D eigenvalue weighted by molar-refractivity contribution is -0.143. The van der Waals surface area contributed by atoms with E-state index in [4.69, 9.17) is 16.7 Å². The summed E-state index contributed by atoms with van der Waals surface area (Å²) in [6.07, 6.45) is 0. The molecule has 1 atom stereocenters. The monoisotopic (exact) mass is 314 g/mol. The van der Waals surface area contributed by atoms with Crippen molar-refractivity contribution in [2.45, 2.75) is 13.0 Å². The molecule has 21 heavy (non-hydrogen) atoms.